The van der Waals surface area contributed by atoms with Crippen LogP contribution in [0.2, 0.25) is 0 Å². The van der Waals surface area contributed by atoms with E-state index in [9.17, 15) is 5.11 Å². The number of nitrogens with one attached hydrogen (secondary N) is 1. The van der Waals surface area contributed by atoms with Gasteiger partial charge < -0.3 is 19.9 Å². The van der Waals surface area contributed by atoms with Crippen molar-refractivity contribution in [3.05, 3.63) is 36.2 Å². The number of para-hydroxylation sites is 1. The van der Waals surface area contributed by atoms with E-state index in [0.29, 0.717) is 25.4 Å². The van der Waals surface area contributed by atoms with Crippen LogP contribution in [0.3, 0.4) is 0 Å². The standard InChI is InChI=1S/C14H19N3O3/c1-19-7-6-17-10-12(9-16-17)15-8-11-4-3-5-13(20-2)14(11)18/h3-5,9-10,15,18H,6-8H2,1-2H3. The van der Waals surface area contributed by atoms with Crippen molar-refractivity contribution in [3.8, 4) is 11.5 Å². The van der Waals surface area contributed by atoms with E-state index in [2.05, 4.69) is 10.4 Å². The van der Waals surface area contributed by atoms with Gasteiger partial charge in [-0.15, -0.1) is 0 Å². The number of ether oxygens (including phenoxy) is 2. The average Bonchev–Trinajstić information content (AvgIpc) is 2.92. The second kappa shape index (κ2) is 6.81. The zero-order valence-corrected chi connectivity index (χ0v) is 11.7. The Morgan fingerprint density at radius 1 is 1.35 bits per heavy atom. The van der Waals surface area contributed by atoms with Crippen LogP contribution in [0.25, 0.3) is 0 Å². The van der Waals surface area contributed by atoms with Gasteiger partial charge in [0, 0.05) is 25.4 Å². The summed E-state index contributed by atoms with van der Waals surface area (Å²) in [5.41, 5.74) is 1.66. The Bertz CT molecular complexity index is 554. The van der Waals surface area contributed by atoms with Crippen LogP contribution in [0.1, 0.15) is 5.56 Å². The SMILES string of the molecule is COCCn1cc(NCc2cccc(OC)c2O)cn1. The first-order valence-corrected chi connectivity index (χ1v) is 6.34. The zero-order chi connectivity index (χ0) is 14.4. The third-order valence-electron chi connectivity index (χ3n) is 2.94. The van der Waals surface area contributed by atoms with Gasteiger partial charge in [0.15, 0.2) is 11.5 Å². The van der Waals surface area contributed by atoms with Crippen molar-refractivity contribution in [2.45, 2.75) is 13.1 Å². The van der Waals surface area contributed by atoms with Crippen LogP contribution < -0.4 is 10.1 Å². The zero-order valence-electron chi connectivity index (χ0n) is 11.7. The molecule has 0 unspecified atom stereocenters. The highest BCUT2D eigenvalue weighted by molar-refractivity contribution is 5.48. The Balaban J connectivity index is 1.96. The second-order valence-electron chi connectivity index (χ2n) is 4.31. The van der Waals surface area contributed by atoms with Gasteiger partial charge in [0.25, 0.3) is 0 Å². The Morgan fingerprint density at radius 2 is 2.20 bits per heavy atom. The summed E-state index contributed by atoms with van der Waals surface area (Å²) in [6.07, 6.45) is 3.64. The summed E-state index contributed by atoms with van der Waals surface area (Å²) in [4.78, 5) is 0. The maximum absolute atomic E-state index is 9.99. The smallest absolute Gasteiger partial charge is 0.162 e. The molecule has 1 aromatic heterocycles. The molecule has 108 valence electrons. The molecular weight excluding hydrogens is 258 g/mol. The predicted octanol–water partition coefficient (Wildman–Crippen LogP) is 1.86. The molecule has 2 aromatic rings. The van der Waals surface area contributed by atoms with E-state index in [-0.39, 0.29) is 5.75 Å². The molecule has 0 spiro atoms. The van der Waals surface area contributed by atoms with Gasteiger partial charge in [0.05, 0.1) is 32.1 Å². The highest BCUT2D eigenvalue weighted by Gasteiger charge is 2.07. The summed E-state index contributed by atoms with van der Waals surface area (Å²) in [7, 11) is 3.19. The summed E-state index contributed by atoms with van der Waals surface area (Å²) >= 11 is 0. The molecule has 0 radical (unpaired) electrons. The molecule has 0 fully saturated rings. The van der Waals surface area contributed by atoms with Gasteiger partial charge in [-0.25, -0.2) is 0 Å². The van der Waals surface area contributed by atoms with Crippen molar-refractivity contribution >= 4 is 5.69 Å². The van der Waals surface area contributed by atoms with Crippen molar-refractivity contribution in [2.75, 3.05) is 26.1 Å². The fraction of sp³-hybridized carbons (Fsp3) is 0.357. The minimum Gasteiger partial charge on any atom is -0.504 e. The third-order valence-corrected chi connectivity index (χ3v) is 2.94. The normalized spacial score (nSPS) is 10.5. The number of rotatable bonds is 7. The summed E-state index contributed by atoms with van der Waals surface area (Å²) in [6, 6.07) is 5.42. The fourth-order valence-electron chi connectivity index (χ4n) is 1.83. The number of benzene rings is 1. The van der Waals surface area contributed by atoms with E-state index in [1.165, 1.54) is 7.11 Å². The molecule has 0 saturated carbocycles. The van der Waals surface area contributed by atoms with Gasteiger partial charge in [0.2, 0.25) is 0 Å². The van der Waals surface area contributed by atoms with Crippen LogP contribution in [-0.2, 0) is 17.8 Å². The number of hydrogen-bond acceptors (Lipinski definition) is 5. The van der Waals surface area contributed by atoms with Gasteiger partial charge >= 0.3 is 0 Å². The largest absolute Gasteiger partial charge is 0.504 e. The fourth-order valence-corrected chi connectivity index (χ4v) is 1.83. The number of aromatic nitrogens is 2. The minimum atomic E-state index is 0.161. The van der Waals surface area contributed by atoms with E-state index in [1.54, 1.807) is 24.1 Å². The van der Waals surface area contributed by atoms with Gasteiger partial charge in [-0.05, 0) is 6.07 Å². The molecular formula is C14H19N3O3. The molecule has 0 saturated heterocycles. The highest BCUT2D eigenvalue weighted by atomic mass is 16.5. The monoisotopic (exact) mass is 277 g/mol. The number of nitrogens with zero attached hydrogens (tertiary/aromatic N) is 2. The molecule has 1 aromatic carbocycles. The van der Waals surface area contributed by atoms with Crippen LogP contribution in [0.5, 0.6) is 11.5 Å². The number of aromatic hydroxyl groups is 1. The van der Waals surface area contributed by atoms with Crippen LogP contribution >= 0.6 is 0 Å². The topological polar surface area (TPSA) is 68.5 Å². The van der Waals surface area contributed by atoms with Gasteiger partial charge in [-0.3, -0.25) is 4.68 Å². The minimum absolute atomic E-state index is 0.161. The van der Waals surface area contributed by atoms with Crippen LogP contribution in [0.4, 0.5) is 5.69 Å². The molecule has 0 aliphatic rings. The second-order valence-corrected chi connectivity index (χ2v) is 4.31. The Kier molecular flexibility index (Phi) is 4.84. The van der Waals surface area contributed by atoms with E-state index < -0.39 is 0 Å². The number of methoxy groups -OCH3 is 2. The quantitative estimate of drug-likeness (QED) is 0.808. The lowest BCUT2D eigenvalue weighted by Crippen LogP contribution is -2.04. The lowest BCUT2D eigenvalue weighted by atomic mass is 10.2. The molecule has 6 heteroatoms. The van der Waals surface area contributed by atoms with E-state index in [4.69, 9.17) is 9.47 Å². The molecule has 6 nitrogen and oxygen atoms in total. The predicted molar refractivity (Wildman–Crippen MR) is 76.1 cm³/mol. The lowest BCUT2D eigenvalue weighted by Gasteiger charge is -2.09. The van der Waals surface area contributed by atoms with Crippen LogP contribution in [0.15, 0.2) is 30.6 Å². The summed E-state index contributed by atoms with van der Waals surface area (Å²) < 4.78 is 11.9. The van der Waals surface area contributed by atoms with Crippen molar-refractivity contribution < 1.29 is 14.6 Å². The number of anilines is 1. The van der Waals surface area contributed by atoms with E-state index in [1.807, 2.05) is 18.3 Å². The molecule has 0 atom stereocenters. The van der Waals surface area contributed by atoms with Crippen LogP contribution in [0, 0.1) is 0 Å². The summed E-state index contributed by atoms with van der Waals surface area (Å²) in [5, 5.41) is 17.4. The van der Waals surface area contributed by atoms with Gasteiger partial charge in [0.1, 0.15) is 0 Å². The first-order valence-electron chi connectivity index (χ1n) is 6.34. The maximum Gasteiger partial charge on any atom is 0.162 e. The Labute approximate surface area is 117 Å². The molecule has 0 amide bonds. The van der Waals surface area contributed by atoms with Gasteiger partial charge in [-0.2, -0.15) is 5.10 Å². The summed E-state index contributed by atoms with van der Waals surface area (Å²) in [5.74, 6) is 0.634. The molecule has 2 rings (SSSR count). The first-order chi connectivity index (χ1) is 9.74. The Hall–Kier alpha value is -2.21. The average molecular weight is 277 g/mol. The Morgan fingerprint density at radius 3 is 2.95 bits per heavy atom. The van der Waals surface area contributed by atoms with E-state index in [0.717, 1.165) is 11.3 Å². The lowest BCUT2D eigenvalue weighted by molar-refractivity contribution is 0.183. The first kappa shape index (κ1) is 14.2. The molecule has 0 bridgehead atoms. The maximum atomic E-state index is 9.99. The molecule has 20 heavy (non-hydrogen) atoms. The van der Waals surface area contributed by atoms with Crippen LogP contribution in [-0.4, -0.2) is 35.7 Å². The van der Waals surface area contributed by atoms with Crippen molar-refractivity contribution in [2.24, 2.45) is 0 Å². The number of hydrogen-bond donors (Lipinski definition) is 2. The molecule has 0 aliphatic heterocycles. The highest BCUT2D eigenvalue weighted by Crippen LogP contribution is 2.29. The van der Waals surface area contributed by atoms with E-state index >= 15 is 0 Å². The number of phenols is 1. The van der Waals surface area contributed by atoms with Crippen molar-refractivity contribution in [3.63, 3.8) is 0 Å². The number of phenolic OH excluding ortho intramolecular Hbond substituents is 1. The van der Waals surface area contributed by atoms with Crippen molar-refractivity contribution in [1.29, 1.82) is 0 Å². The molecule has 1 heterocycles. The van der Waals surface area contributed by atoms with Crippen molar-refractivity contribution in [1.82, 2.24) is 9.78 Å². The molecule has 0 aliphatic carbocycles. The third kappa shape index (κ3) is 3.42. The summed E-state index contributed by atoms with van der Waals surface area (Å²) in [6.45, 7) is 1.83. The molecule has 2 N–H and O–H groups in total. The van der Waals surface area contributed by atoms with Gasteiger partial charge in [-0.1, -0.05) is 12.1 Å².